The number of aliphatic hydroxyl groups is 1. The maximum atomic E-state index is 10.1. The molecule has 2 atom stereocenters. The lowest BCUT2D eigenvalue weighted by atomic mass is 10.1. The Bertz CT molecular complexity index is 552. The van der Waals surface area contributed by atoms with Crippen LogP contribution in [0.2, 0.25) is 0 Å². The molecule has 2 aromatic carbocycles. The van der Waals surface area contributed by atoms with Gasteiger partial charge in [0.05, 0.1) is 0 Å². The highest BCUT2D eigenvalue weighted by Crippen LogP contribution is 2.26. The van der Waals surface area contributed by atoms with Gasteiger partial charge in [-0.2, -0.15) is 0 Å². The summed E-state index contributed by atoms with van der Waals surface area (Å²) in [4.78, 5) is 0. The molecule has 3 nitrogen and oxygen atoms in total. The molecule has 2 aromatic rings. The molecule has 0 aliphatic heterocycles. The summed E-state index contributed by atoms with van der Waals surface area (Å²) < 4.78 is 5.77. The smallest absolute Gasteiger partial charge is 0.124 e. The van der Waals surface area contributed by atoms with Crippen molar-refractivity contribution in [2.45, 2.75) is 26.0 Å². The van der Waals surface area contributed by atoms with Crippen molar-refractivity contribution in [1.82, 2.24) is 0 Å². The summed E-state index contributed by atoms with van der Waals surface area (Å²) in [6.45, 7) is 4.14. The van der Waals surface area contributed by atoms with E-state index in [9.17, 15) is 5.11 Å². The average molecular weight is 271 g/mol. The molecule has 3 N–H and O–H groups in total. The zero-order valence-electron chi connectivity index (χ0n) is 11.9. The summed E-state index contributed by atoms with van der Waals surface area (Å²) in [6, 6.07) is 15.3. The minimum atomic E-state index is -0.641. The van der Waals surface area contributed by atoms with E-state index in [1.165, 1.54) is 0 Å². The normalized spacial score (nSPS) is 13.8. The Kier molecular flexibility index (Phi) is 4.77. The lowest BCUT2D eigenvalue weighted by Crippen LogP contribution is -2.13. The van der Waals surface area contributed by atoms with Crippen molar-refractivity contribution in [2.24, 2.45) is 5.73 Å². The topological polar surface area (TPSA) is 55.5 Å². The van der Waals surface area contributed by atoms with Crippen LogP contribution in [0.15, 0.2) is 48.5 Å². The average Bonchev–Trinajstić information content (AvgIpc) is 2.45. The van der Waals surface area contributed by atoms with Gasteiger partial charge in [-0.25, -0.2) is 0 Å². The zero-order chi connectivity index (χ0) is 14.5. The first kappa shape index (κ1) is 14.6. The fraction of sp³-hybridized carbons (Fsp3) is 0.294. The van der Waals surface area contributed by atoms with Gasteiger partial charge in [-0.1, -0.05) is 42.5 Å². The van der Waals surface area contributed by atoms with Gasteiger partial charge in [0.2, 0.25) is 0 Å². The fourth-order valence-electron chi connectivity index (χ4n) is 2.08. The molecular formula is C17H21NO2. The fourth-order valence-corrected chi connectivity index (χ4v) is 2.08. The predicted octanol–water partition coefficient (Wildman–Crippen LogP) is 3.13. The van der Waals surface area contributed by atoms with Gasteiger partial charge in [-0.15, -0.1) is 0 Å². The molecular weight excluding hydrogens is 250 g/mol. The Morgan fingerprint density at radius 1 is 1.15 bits per heavy atom. The first-order valence-corrected chi connectivity index (χ1v) is 6.80. The van der Waals surface area contributed by atoms with Gasteiger partial charge in [-0.05, 0) is 31.0 Å². The molecule has 0 bridgehead atoms. The highest BCUT2D eigenvalue weighted by Gasteiger charge is 2.12. The summed E-state index contributed by atoms with van der Waals surface area (Å²) in [7, 11) is 0. The summed E-state index contributed by atoms with van der Waals surface area (Å²) in [5, 5.41) is 10.1. The van der Waals surface area contributed by atoms with Gasteiger partial charge >= 0.3 is 0 Å². The van der Waals surface area contributed by atoms with Crippen LogP contribution < -0.4 is 10.5 Å². The molecule has 0 radical (unpaired) electrons. The molecule has 20 heavy (non-hydrogen) atoms. The molecule has 2 unspecified atom stereocenters. The molecule has 0 aromatic heterocycles. The zero-order valence-corrected chi connectivity index (χ0v) is 11.9. The first-order valence-electron chi connectivity index (χ1n) is 6.80. The second-order valence-electron chi connectivity index (χ2n) is 5.07. The van der Waals surface area contributed by atoms with Crippen LogP contribution in [-0.2, 0) is 0 Å². The van der Waals surface area contributed by atoms with E-state index in [2.05, 4.69) is 0 Å². The van der Waals surface area contributed by atoms with Crippen LogP contribution >= 0.6 is 0 Å². The lowest BCUT2D eigenvalue weighted by molar-refractivity contribution is 0.107. The predicted molar refractivity (Wildman–Crippen MR) is 80.7 cm³/mol. The minimum absolute atomic E-state index is 0.0977. The molecule has 0 spiro atoms. The van der Waals surface area contributed by atoms with E-state index in [-0.39, 0.29) is 12.6 Å². The third-order valence-electron chi connectivity index (χ3n) is 3.24. The number of ether oxygens (including phenoxy) is 1. The standard InChI is InChI=1S/C17H21NO2/c1-12-8-9-15(13(2)18)17(10-12)20-11-16(19)14-6-4-3-5-7-14/h3-10,13,16,19H,11,18H2,1-2H3. The maximum Gasteiger partial charge on any atom is 0.124 e. The summed E-state index contributed by atoms with van der Waals surface area (Å²) in [6.07, 6.45) is -0.641. The van der Waals surface area contributed by atoms with Crippen LogP contribution in [0.5, 0.6) is 5.75 Å². The SMILES string of the molecule is Cc1ccc(C(C)N)c(OCC(O)c2ccccc2)c1. The molecule has 106 valence electrons. The van der Waals surface area contributed by atoms with Crippen molar-refractivity contribution >= 4 is 0 Å². The molecule has 0 amide bonds. The second-order valence-corrected chi connectivity index (χ2v) is 5.07. The van der Waals surface area contributed by atoms with Crippen molar-refractivity contribution in [1.29, 1.82) is 0 Å². The Labute approximate surface area is 120 Å². The van der Waals surface area contributed by atoms with Crippen molar-refractivity contribution in [3.63, 3.8) is 0 Å². The largest absolute Gasteiger partial charge is 0.490 e. The molecule has 0 aliphatic carbocycles. The number of hydrogen-bond acceptors (Lipinski definition) is 3. The molecule has 0 saturated carbocycles. The second kappa shape index (κ2) is 6.55. The van der Waals surface area contributed by atoms with Crippen molar-refractivity contribution < 1.29 is 9.84 Å². The Morgan fingerprint density at radius 2 is 1.85 bits per heavy atom. The van der Waals surface area contributed by atoms with Crippen molar-refractivity contribution in [3.8, 4) is 5.75 Å². The maximum absolute atomic E-state index is 10.1. The highest BCUT2D eigenvalue weighted by molar-refractivity contribution is 5.39. The number of benzene rings is 2. The number of aryl methyl sites for hydroxylation is 1. The number of nitrogens with two attached hydrogens (primary N) is 1. The van der Waals surface area contributed by atoms with Crippen LogP contribution in [0.25, 0.3) is 0 Å². The Balaban J connectivity index is 2.09. The summed E-state index contributed by atoms with van der Waals surface area (Å²) >= 11 is 0. The Morgan fingerprint density at radius 3 is 2.50 bits per heavy atom. The quantitative estimate of drug-likeness (QED) is 0.878. The molecule has 0 aliphatic rings. The summed E-state index contributed by atoms with van der Waals surface area (Å²) in [5.74, 6) is 0.745. The van der Waals surface area contributed by atoms with E-state index in [0.29, 0.717) is 0 Å². The van der Waals surface area contributed by atoms with Crippen molar-refractivity contribution in [3.05, 3.63) is 65.2 Å². The van der Waals surface area contributed by atoms with Gasteiger partial charge in [0.15, 0.2) is 0 Å². The van der Waals surface area contributed by atoms with Crippen LogP contribution in [0.4, 0.5) is 0 Å². The van der Waals surface area contributed by atoms with Gasteiger partial charge in [0.25, 0.3) is 0 Å². The molecule has 0 fully saturated rings. The van der Waals surface area contributed by atoms with E-state index < -0.39 is 6.10 Å². The third-order valence-corrected chi connectivity index (χ3v) is 3.24. The molecule has 2 rings (SSSR count). The molecule has 0 saturated heterocycles. The number of aliphatic hydroxyl groups excluding tert-OH is 1. The van der Waals surface area contributed by atoms with Crippen LogP contribution in [0.3, 0.4) is 0 Å². The monoisotopic (exact) mass is 271 g/mol. The molecule has 3 heteroatoms. The van der Waals surface area contributed by atoms with Crippen LogP contribution in [0.1, 0.15) is 35.8 Å². The first-order chi connectivity index (χ1) is 9.58. The lowest BCUT2D eigenvalue weighted by Gasteiger charge is -2.17. The van der Waals surface area contributed by atoms with Gasteiger partial charge < -0.3 is 15.6 Å². The van der Waals surface area contributed by atoms with E-state index in [4.69, 9.17) is 10.5 Å². The third kappa shape index (κ3) is 3.59. The number of rotatable bonds is 5. The molecule has 0 heterocycles. The van der Waals surface area contributed by atoms with Crippen molar-refractivity contribution in [2.75, 3.05) is 6.61 Å². The van der Waals surface area contributed by atoms with Crippen LogP contribution in [-0.4, -0.2) is 11.7 Å². The van der Waals surface area contributed by atoms with Crippen LogP contribution in [0, 0.1) is 6.92 Å². The van der Waals surface area contributed by atoms with E-state index in [1.807, 2.05) is 62.4 Å². The number of hydrogen-bond donors (Lipinski definition) is 2. The Hall–Kier alpha value is -1.84. The minimum Gasteiger partial charge on any atom is -0.490 e. The van der Waals surface area contributed by atoms with E-state index in [0.717, 1.165) is 22.4 Å². The van der Waals surface area contributed by atoms with Gasteiger partial charge in [-0.3, -0.25) is 0 Å². The van der Waals surface area contributed by atoms with Gasteiger partial charge in [0, 0.05) is 11.6 Å². The van der Waals surface area contributed by atoms with E-state index >= 15 is 0 Å². The highest BCUT2D eigenvalue weighted by atomic mass is 16.5. The van der Waals surface area contributed by atoms with E-state index in [1.54, 1.807) is 0 Å². The van der Waals surface area contributed by atoms with Gasteiger partial charge in [0.1, 0.15) is 18.5 Å². The summed E-state index contributed by atoms with van der Waals surface area (Å²) in [5.41, 5.74) is 8.85.